The van der Waals surface area contributed by atoms with Crippen molar-refractivity contribution in [2.75, 3.05) is 12.4 Å². The number of hydrogen-bond donors (Lipinski definition) is 1. The van der Waals surface area contributed by atoms with Crippen LogP contribution in [-0.4, -0.2) is 12.0 Å². The molecular formula is C17H18N2O3. The molecule has 114 valence electrons. The van der Waals surface area contributed by atoms with E-state index in [0.717, 1.165) is 12.1 Å². The molecule has 2 aromatic rings. The van der Waals surface area contributed by atoms with Gasteiger partial charge in [-0.3, -0.25) is 10.1 Å². The summed E-state index contributed by atoms with van der Waals surface area (Å²) in [5.74, 6) is 0.268. The van der Waals surface area contributed by atoms with Gasteiger partial charge in [0, 0.05) is 24.4 Å². The van der Waals surface area contributed by atoms with Gasteiger partial charge in [-0.2, -0.15) is 0 Å². The molecule has 0 fully saturated rings. The van der Waals surface area contributed by atoms with Crippen molar-refractivity contribution in [2.45, 2.75) is 25.8 Å². The first-order valence-corrected chi connectivity index (χ1v) is 7.34. The Balaban J connectivity index is 1.72. The Morgan fingerprint density at radius 1 is 1.18 bits per heavy atom. The molecule has 0 amide bonds. The number of ether oxygens (including phenoxy) is 1. The van der Waals surface area contributed by atoms with Crippen LogP contribution in [0.3, 0.4) is 0 Å². The second-order valence-corrected chi connectivity index (χ2v) is 5.45. The SMILES string of the molecule is COc1cc(NCc2ccc3c(c2)CCC3)ccc1[N+](=O)[O-]. The van der Waals surface area contributed by atoms with Crippen molar-refractivity contribution >= 4 is 11.4 Å². The van der Waals surface area contributed by atoms with E-state index in [0.29, 0.717) is 6.54 Å². The predicted octanol–water partition coefficient (Wildman–Crippen LogP) is 3.70. The summed E-state index contributed by atoms with van der Waals surface area (Å²) in [7, 11) is 1.44. The van der Waals surface area contributed by atoms with Crippen LogP contribution in [0, 0.1) is 10.1 Å². The van der Waals surface area contributed by atoms with Crippen LogP contribution in [0.15, 0.2) is 36.4 Å². The molecule has 22 heavy (non-hydrogen) atoms. The number of benzene rings is 2. The lowest BCUT2D eigenvalue weighted by Crippen LogP contribution is -2.01. The monoisotopic (exact) mass is 298 g/mol. The van der Waals surface area contributed by atoms with E-state index in [2.05, 4.69) is 23.5 Å². The highest BCUT2D eigenvalue weighted by Gasteiger charge is 2.15. The smallest absolute Gasteiger partial charge is 0.311 e. The maximum atomic E-state index is 10.9. The highest BCUT2D eigenvalue weighted by molar-refractivity contribution is 5.58. The highest BCUT2D eigenvalue weighted by atomic mass is 16.6. The fourth-order valence-corrected chi connectivity index (χ4v) is 2.88. The molecule has 0 bridgehead atoms. The van der Waals surface area contributed by atoms with E-state index in [4.69, 9.17) is 4.74 Å². The first-order chi connectivity index (χ1) is 10.7. The molecule has 0 unspecified atom stereocenters. The molecule has 2 aromatic carbocycles. The minimum Gasteiger partial charge on any atom is -0.490 e. The third-order valence-electron chi connectivity index (χ3n) is 4.04. The first kappa shape index (κ1) is 14.4. The standard InChI is InChI=1S/C17H18N2O3/c1-22-17-10-15(7-8-16(17)19(20)21)18-11-12-5-6-13-3-2-4-14(13)9-12/h5-10,18H,2-4,11H2,1H3. The Hall–Kier alpha value is -2.56. The molecule has 0 heterocycles. The van der Waals surface area contributed by atoms with Crippen molar-refractivity contribution < 1.29 is 9.66 Å². The zero-order valence-corrected chi connectivity index (χ0v) is 12.5. The molecule has 0 aromatic heterocycles. The minimum atomic E-state index is -0.441. The fraction of sp³-hybridized carbons (Fsp3) is 0.294. The minimum absolute atomic E-state index is 0.0226. The number of nitrogens with zero attached hydrogens (tertiary/aromatic N) is 1. The molecule has 5 nitrogen and oxygen atoms in total. The van der Waals surface area contributed by atoms with Gasteiger partial charge >= 0.3 is 5.69 Å². The van der Waals surface area contributed by atoms with Crippen LogP contribution in [0.4, 0.5) is 11.4 Å². The molecule has 1 aliphatic rings. The van der Waals surface area contributed by atoms with Crippen molar-refractivity contribution in [2.24, 2.45) is 0 Å². The topological polar surface area (TPSA) is 64.4 Å². The van der Waals surface area contributed by atoms with Gasteiger partial charge < -0.3 is 10.1 Å². The summed E-state index contributed by atoms with van der Waals surface area (Å²) in [5.41, 5.74) is 4.91. The van der Waals surface area contributed by atoms with Gasteiger partial charge in [-0.05, 0) is 42.0 Å². The second-order valence-electron chi connectivity index (χ2n) is 5.45. The van der Waals surface area contributed by atoms with Crippen LogP contribution in [0.2, 0.25) is 0 Å². The largest absolute Gasteiger partial charge is 0.490 e. The molecule has 1 N–H and O–H groups in total. The predicted molar refractivity (Wildman–Crippen MR) is 85.4 cm³/mol. The van der Waals surface area contributed by atoms with E-state index in [1.165, 1.54) is 42.7 Å². The van der Waals surface area contributed by atoms with Crippen LogP contribution in [0.1, 0.15) is 23.1 Å². The molecule has 0 aliphatic heterocycles. The van der Waals surface area contributed by atoms with Crippen LogP contribution < -0.4 is 10.1 Å². The number of nitro benzene ring substituents is 1. The third-order valence-corrected chi connectivity index (χ3v) is 4.04. The fourth-order valence-electron chi connectivity index (χ4n) is 2.88. The van der Waals surface area contributed by atoms with Crippen LogP contribution in [0.5, 0.6) is 5.75 Å². The summed E-state index contributed by atoms with van der Waals surface area (Å²) in [6.45, 7) is 0.689. The summed E-state index contributed by atoms with van der Waals surface area (Å²) in [6.07, 6.45) is 3.59. The molecule has 0 atom stereocenters. The zero-order valence-electron chi connectivity index (χ0n) is 12.5. The molecule has 0 saturated carbocycles. The normalized spacial score (nSPS) is 12.8. The summed E-state index contributed by atoms with van der Waals surface area (Å²) >= 11 is 0. The molecule has 0 radical (unpaired) electrons. The van der Waals surface area contributed by atoms with Gasteiger partial charge in [-0.25, -0.2) is 0 Å². The quantitative estimate of drug-likeness (QED) is 0.675. The Morgan fingerprint density at radius 2 is 2.00 bits per heavy atom. The lowest BCUT2D eigenvalue weighted by Gasteiger charge is -2.10. The zero-order chi connectivity index (χ0) is 15.5. The maximum Gasteiger partial charge on any atom is 0.311 e. The lowest BCUT2D eigenvalue weighted by molar-refractivity contribution is -0.385. The number of fused-ring (bicyclic) bond motifs is 1. The van der Waals surface area contributed by atoms with Crippen molar-refractivity contribution in [1.82, 2.24) is 0 Å². The van der Waals surface area contributed by atoms with E-state index in [-0.39, 0.29) is 11.4 Å². The van der Waals surface area contributed by atoms with Crippen molar-refractivity contribution in [3.8, 4) is 5.75 Å². The lowest BCUT2D eigenvalue weighted by atomic mass is 10.1. The molecule has 0 spiro atoms. The van der Waals surface area contributed by atoms with Gasteiger partial charge in [-0.15, -0.1) is 0 Å². The average Bonchev–Trinajstić information content (AvgIpc) is 3.00. The average molecular weight is 298 g/mol. The Labute approximate surface area is 129 Å². The number of rotatable bonds is 5. The Bertz CT molecular complexity index is 713. The number of anilines is 1. The number of nitro groups is 1. The number of methoxy groups -OCH3 is 1. The molecule has 0 saturated heterocycles. The summed E-state index contributed by atoms with van der Waals surface area (Å²) in [6, 6.07) is 11.4. The van der Waals surface area contributed by atoms with Crippen LogP contribution >= 0.6 is 0 Å². The molecular weight excluding hydrogens is 280 g/mol. The number of hydrogen-bond acceptors (Lipinski definition) is 4. The highest BCUT2D eigenvalue weighted by Crippen LogP contribution is 2.30. The van der Waals surface area contributed by atoms with E-state index in [1.54, 1.807) is 12.1 Å². The van der Waals surface area contributed by atoms with Gasteiger partial charge in [0.25, 0.3) is 0 Å². The van der Waals surface area contributed by atoms with Crippen LogP contribution in [0.25, 0.3) is 0 Å². The Morgan fingerprint density at radius 3 is 2.77 bits per heavy atom. The number of aryl methyl sites for hydroxylation is 2. The Kier molecular flexibility index (Phi) is 3.96. The van der Waals surface area contributed by atoms with E-state index in [1.807, 2.05) is 0 Å². The number of nitrogens with one attached hydrogen (secondary N) is 1. The van der Waals surface area contributed by atoms with Gasteiger partial charge in [-0.1, -0.05) is 18.2 Å². The van der Waals surface area contributed by atoms with Crippen molar-refractivity contribution in [3.63, 3.8) is 0 Å². The first-order valence-electron chi connectivity index (χ1n) is 7.34. The molecule has 1 aliphatic carbocycles. The van der Waals surface area contributed by atoms with Crippen LogP contribution in [-0.2, 0) is 19.4 Å². The van der Waals surface area contributed by atoms with Gasteiger partial charge in [0.2, 0.25) is 0 Å². The van der Waals surface area contributed by atoms with Crippen molar-refractivity contribution in [1.29, 1.82) is 0 Å². The van der Waals surface area contributed by atoms with Gasteiger partial charge in [0.15, 0.2) is 5.75 Å². The summed E-state index contributed by atoms with van der Waals surface area (Å²) < 4.78 is 5.08. The molecule has 3 rings (SSSR count). The molecule has 5 heteroatoms. The maximum absolute atomic E-state index is 10.9. The summed E-state index contributed by atoms with van der Waals surface area (Å²) in [5, 5.41) is 14.2. The van der Waals surface area contributed by atoms with E-state index >= 15 is 0 Å². The van der Waals surface area contributed by atoms with Gasteiger partial charge in [0.1, 0.15) is 0 Å². The van der Waals surface area contributed by atoms with Crippen molar-refractivity contribution in [3.05, 3.63) is 63.2 Å². The summed E-state index contributed by atoms with van der Waals surface area (Å²) in [4.78, 5) is 10.4. The van der Waals surface area contributed by atoms with E-state index in [9.17, 15) is 10.1 Å². The second kappa shape index (κ2) is 6.05. The van der Waals surface area contributed by atoms with E-state index < -0.39 is 4.92 Å². The third kappa shape index (κ3) is 2.88. The van der Waals surface area contributed by atoms with Gasteiger partial charge in [0.05, 0.1) is 12.0 Å².